The lowest BCUT2D eigenvalue weighted by atomic mass is 10.2. The smallest absolute Gasteiger partial charge is 0.0642 e. The summed E-state index contributed by atoms with van der Waals surface area (Å²) < 4.78 is 0. The molecule has 0 fully saturated rings. The molecule has 4 heteroatoms. The third kappa shape index (κ3) is 4.84. The first kappa shape index (κ1) is 15.3. The van der Waals surface area contributed by atoms with Gasteiger partial charge in [0.25, 0.3) is 0 Å². The Morgan fingerprint density at radius 3 is 2.67 bits per heavy atom. The molecule has 1 aromatic carbocycles. The van der Waals surface area contributed by atoms with Gasteiger partial charge in [0.2, 0.25) is 0 Å². The molecule has 0 unspecified atom stereocenters. The minimum absolute atomic E-state index is 0.281. The van der Waals surface area contributed by atoms with E-state index in [1.54, 1.807) is 0 Å². The summed E-state index contributed by atoms with van der Waals surface area (Å²) in [5, 5.41) is 12.6. The van der Waals surface area contributed by atoms with Crippen molar-refractivity contribution in [1.82, 2.24) is 5.32 Å². The Morgan fingerprint density at radius 2 is 2.06 bits per heavy atom. The molecule has 0 aliphatic carbocycles. The summed E-state index contributed by atoms with van der Waals surface area (Å²) in [5.74, 6) is 0. The molecule has 3 nitrogen and oxygen atoms in total. The van der Waals surface area contributed by atoms with E-state index in [-0.39, 0.29) is 6.61 Å². The van der Waals surface area contributed by atoms with E-state index in [1.807, 2.05) is 13.1 Å². The van der Waals surface area contributed by atoms with E-state index in [0.717, 1.165) is 43.1 Å². The number of hydrogen-bond donors (Lipinski definition) is 2. The zero-order valence-corrected chi connectivity index (χ0v) is 12.0. The van der Waals surface area contributed by atoms with Gasteiger partial charge >= 0.3 is 0 Å². The van der Waals surface area contributed by atoms with Crippen LogP contribution in [0.15, 0.2) is 18.2 Å². The Labute approximate surface area is 115 Å². The van der Waals surface area contributed by atoms with E-state index in [2.05, 4.69) is 29.4 Å². The molecule has 0 bridgehead atoms. The summed E-state index contributed by atoms with van der Waals surface area (Å²) >= 11 is 6.29. The highest BCUT2D eigenvalue weighted by atomic mass is 35.5. The van der Waals surface area contributed by atoms with Crippen molar-refractivity contribution in [3.63, 3.8) is 0 Å². The zero-order chi connectivity index (χ0) is 13.4. The van der Waals surface area contributed by atoms with Crippen LogP contribution in [-0.2, 0) is 6.54 Å². The Balaban J connectivity index is 2.54. The first-order chi connectivity index (χ1) is 8.69. The molecule has 2 N–H and O–H groups in total. The van der Waals surface area contributed by atoms with E-state index >= 15 is 0 Å². The molecule has 0 aliphatic rings. The summed E-state index contributed by atoms with van der Waals surface area (Å²) in [6, 6.07) is 6.18. The van der Waals surface area contributed by atoms with Gasteiger partial charge in [-0.2, -0.15) is 0 Å². The van der Waals surface area contributed by atoms with Crippen molar-refractivity contribution in [2.24, 2.45) is 0 Å². The van der Waals surface area contributed by atoms with Gasteiger partial charge in [-0.05, 0) is 44.0 Å². The van der Waals surface area contributed by atoms with Crippen molar-refractivity contribution < 1.29 is 5.11 Å². The van der Waals surface area contributed by atoms with Gasteiger partial charge in [0.05, 0.1) is 10.7 Å². The van der Waals surface area contributed by atoms with E-state index in [9.17, 15) is 0 Å². The summed E-state index contributed by atoms with van der Waals surface area (Å²) in [6.45, 7) is 2.08. The van der Waals surface area contributed by atoms with Crippen molar-refractivity contribution in [3.8, 4) is 0 Å². The number of unbranched alkanes of at least 4 members (excludes halogenated alkanes) is 2. The first-order valence-electron chi connectivity index (χ1n) is 6.44. The second-order valence-electron chi connectivity index (χ2n) is 4.52. The van der Waals surface area contributed by atoms with Gasteiger partial charge in [0.1, 0.15) is 0 Å². The monoisotopic (exact) mass is 270 g/mol. The van der Waals surface area contributed by atoms with Crippen molar-refractivity contribution in [2.75, 3.05) is 32.1 Å². The van der Waals surface area contributed by atoms with Crippen molar-refractivity contribution >= 4 is 17.3 Å². The molecule has 0 radical (unpaired) electrons. The van der Waals surface area contributed by atoms with Crippen molar-refractivity contribution in [3.05, 3.63) is 28.8 Å². The lowest BCUT2D eigenvalue weighted by Gasteiger charge is -2.21. The van der Waals surface area contributed by atoms with Gasteiger partial charge in [0.15, 0.2) is 0 Å². The highest BCUT2D eigenvalue weighted by molar-refractivity contribution is 6.33. The molecule has 0 aliphatic heterocycles. The van der Waals surface area contributed by atoms with E-state index in [0.29, 0.717) is 0 Å². The zero-order valence-electron chi connectivity index (χ0n) is 11.2. The number of anilines is 1. The van der Waals surface area contributed by atoms with Crippen LogP contribution in [0.1, 0.15) is 24.8 Å². The predicted molar refractivity (Wildman–Crippen MR) is 78.4 cm³/mol. The minimum atomic E-state index is 0.281. The molecule has 0 atom stereocenters. The number of rotatable bonds is 8. The first-order valence-corrected chi connectivity index (χ1v) is 6.82. The SMILES string of the molecule is CNCc1ccc(N(C)CCCCCO)c(Cl)c1. The van der Waals surface area contributed by atoms with Gasteiger partial charge < -0.3 is 15.3 Å². The largest absolute Gasteiger partial charge is 0.396 e. The average molecular weight is 271 g/mol. The molecule has 0 amide bonds. The highest BCUT2D eigenvalue weighted by Crippen LogP contribution is 2.26. The Morgan fingerprint density at radius 1 is 1.28 bits per heavy atom. The van der Waals surface area contributed by atoms with Crippen LogP contribution in [0.3, 0.4) is 0 Å². The molecule has 18 heavy (non-hydrogen) atoms. The van der Waals surface area contributed by atoms with Crippen LogP contribution < -0.4 is 10.2 Å². The second kappa shape index (κ2) is 8.35. The number of hydrogen-bond acceptors (Lipinski definition) is 3. The molecule has 0 aromatic heterocycles. The Bertz CT molecular complexity index is 358. The third-order valence-corrected chi connectivity index (χ3v) is 3.26. The lowest BCUT2D eigenvalue weighted by molar-refractivity contribution is 0.283. The molecule has 0 heterocycles. The highest BCUT2D eigenvalue weighted by Gasteiger charge is 2.06. The molecule has 1 rings (SSSR count). The molecule has 0 spiro atoms. The van der Waals surface area contributed by atoms with Gasteiger partial charge in [-0.25, -0.2) is 0 Å². The van der Waals surface area contributed by atoms with E-state index in [1.165, 1.54) is 5.56 Å². The van der Waals surface area contributed by atoms with Crippen molar-refractivity contribution in [1.29, 1.82) is 0 Å². The van der Waals surface area contributed by atoms with Crippen LogP contribution >= 0.6 is 11.6 Å². The maximum atomic E-state index is 8.73. The van der Waals surface area contributed by atoms with Gasteiger partial charge in [-0.15, -0.1) is 0 Å². The third-order valence-electron chi connectivity index (χ3n) is 2.96. The van der Waals surface area contributed by atoms with Crippen LogP contribution in [0.25, 0.3) is 0 Å². The maximum Gasteiger partial charge on any atom is 0.0642 e. The normalized spacial score (nSPS) is 10.7. The summed E-state index contributed by atoms with van der Waals surface area (Å²) in [6.07, 6.45) is 3.00. The number of benzene rings is 1. The number of halogens is 1. The molecular weight excluding hydrogens is 248 g/mol. The summed E-state index contributed by atoms with van der Waals surface area (Å²) in [4.78, 5) is 2.17. The van der Waals surface area contributed by atoms with E-state index < -0.39 is 0 Å². The molecule has 102 valence electrons. The molecular formula is C14H23ClN2O. The summed E-state index contributed by atoms with van der Waals surface area (Å²) in [7, 11) is 3.98. The molecule has 1 aromatic rings. The maximum absolute atomic E-state index is 8.73. The van der Waals surface area contributed by atoms with Gasteiger partial charge in [-0.1, -0.05) is 17.7 Å². The lowest BCUT2D eigenvalue weighted by Crippen LogP contribution is -2.19. The van der Waals surface area contributed by atoms with Crippen molar-refractivity contribution in [2.45, 2.75) is 25.8 Å². The van der Waals surface area contributed by atoms with Crippen LogP contribution in [0.4, 0.5) is 5.69 Å². The number of aliphatic hydroxyl groups excluding tert-OH is 1. The Kier molecular flexibility index (Phi) is 7.09. The standard InChI is InChI=1S/C14H23ClN2O/c1-16-11-12-6-7-14(13(15)10-12)17(2)8-4-3-5-9-18/h6-7,10,16,18H,3-5,8-9,11H2,1-2H3. The molecule has 0 saturated carbocycles. The quantitative estimate of drug-likeness (QED) is 0.713. The van der Waals surface area contributed by atoms with Gasteiger partial charge in [0, 0.05) is 26.7 Å². The summed E-state index contributed by atoms with van der Waals surface area (Å²) in [5.41, 5.74) is 2.26. The van der Waals surface area contributed by atoms with Gasteiger partial charge in [-0.3, -0.25) is 0 Å². The fourth-order valence-corrected chi connectivity index (χ4v) is 2.28. The van der Waals surface area contributed by atoms with Crippen LogP contribution in [0.5, 0.6) is 0 Å². The topological polar surface area (TPSA) is 35.5 Å². The number of nitrogens with zero attached hydrogens (tertiary/aromatic N) is 1. The van der Waals surface area contributed by atoms with Crippen LogP contribution in [0, 0.1) is 0 Å². The van der Waals surface area contributed by atoms with Crippen LogP contribution in [0.2, 0.25) is 5.02 Å². The average Bonchev–Trinajstić information content (AvgIpc) is 2.35. The molecule has 0 saturated heterocycles. The number of nitrogens with one attached hydrogen (secondary N) is 1. The Hall–Kier alpha value is -0.770. The predicted octanol–water partition coefficient (Wildman–Crippen LogP) is 2.66. The number of aliphatic hydroxyl groups is 1. The fraction of sp³-hybridized carbons (Fsp3) is 0.571. The fourth-order valence-electron chi connectivity index (χ4n) is 1.93. The van der Waals surface area contributed by atoms with Crippen LogP contribution in [-0.4, -0.2) is 32.4 Å². The second-order valence-corrected chi connectivity index (χ2v) is 4.93. The van der Waals surface area contributed by atoms with E-state index in [4.69, 9.17) is 16.7 Å². The minimum Gasteiger partial charge on any atom is -0.396 e.